The van der Waals surface area contributed by atoms with Crippen LogP contribution in [0.5, 0.6) is 0 Å². The van der Waals surface area contributed by atoms with Crippen LogP contribution >= 0.6 is 22.9 Å². The number of halogens is 1. The van der Waals surface area contributed by atoms with Crippen molar-refractivity contribution in [2.75, 3.05) is 5.32 Å². The molecule has 0 amide bonds. The zero-order valence-corrected chi connectivity index (χ0v) is 13.2. The van der Waals surface area contributed by atoms with Crippen LogP contribution in [0, 0.1) is 34.1 Å². The molecule has 1 N–H and O–H groups in total. The van der Waals surface area contributed by atoms with E-state index in [0.717, 1.165) is 4.88 Å². The lowest BCUT2D eigenvalue weighted by atomic mass is 10.1. The van der Waals surface area contributed by atoms with Crippen LogP contribution in [0.15, 0.2) is 12.3 Å². The van der Waals surface area contributed by atoms with Crippen molar-refractivity contribution in [3.8, 4) is 0 Å². The first kappa shape index (κ1) is 16.1. The van der Waals surface area contributed by atoms with Gasteiger partial charge < -0.3 is 5.32 Å². The number of aromatic nitrogens is 1. The van der Waals surface area contributed by atoms with E-state index >= 15 is 0 Å². The Kier molecular flexibility index (Phi) is 4.57. The molecule has 0 saturated heterocycles. The van der Waals surface area contributed by atoms with Crippen molar-refractivity contribution in [1.29, 1.82) is 0 Å². The summed E-state index contributed by atoms with van der Waals surface area (Å²) in [5.74, 6) is 0. The molecule has 0 bridgehead atoms. The lowest BCUT2D eigenvalue weighted by Gasteiger charge is -2.11. The molecule has 1 heterocycles. The number of hydrogen-bond acceptors (Lipinski definition) is 7. The molecule has 0 fully saturated rings. The van der Waals surface area contributed by atoms with Crippen LogP contribution in [-0.4, -0.2) is 14.8 Å². The summed E-state index contributed by atoms with van der Waals surface area (Å²) in [7, 11) is 0. The van der Waals surface area contributed by atoms with Crippen molar-refractivity contribution in [2.45, 2.75) is 20.4 Å². The van der Waals surface area contributed by atoms with E-state index in [-0.39, 0.29) is 22.6 Å². The van der Waals surface area contributed by atoms with Gasteiger partial charge in [0, 0.05) is 17.1 Å². The molecule has 2 rings (SSSR count). The molecule has 8 nitrogen and oxygen atoms in total. The van der Waals surface area contributed by atoms with Gasteiger partial charge in [-0.15, -0.1) is 11.3 Å². The number of benzene rings is 1. The molecule has 0 radical (unpaired) electrons. The van der Waals surface area contributed by atoms with E-state index in [1.807, 2.05) is 0 Å². The van der Waals surface area contributed by atoms with E-state index in [4.69, 9.17) is 11.6 Å². The number of rotatable bonds is 5. The Labute approximate surface area is 134 Å². The second-order valence-corrected chi connectivity index (χ2v) is 6.21. The fraction of sp³-hybridized carbons (Fsp3) is 0.250. The third-order valence-corrected chi connectivity index (χ3v) is 4.18. The molecule has 0 atom stereocenters. The van der Waals surface area contributed by atoms with Gasteiger partial charge in [-0.2, -0.15) is 0 Å². The maximum Gasteiger partial charge on any atom is 0.302 e. The molecular weight excluding hydrogens is 332 g/mol. The number of thiazole rings is 1. The second kappa shape index (κ2) is 6.24. The molecule has 10 heteroatoms. The first-order valence-electron chi connectivity index (χ1n) is 6.08. The van der Waals surface area contributed by atoms with Gasteiger partial charge in [-0.25, -0.2) is 4.98 Å². The quantitative estimate of drug-likeness (QED) is 0.652. The van der Waals surface area contributed by atoms with E-state index < -0.39 is 9.85 Å². The summed E-state index contributed by atoms with van der Waals surface area (Å²) >= 11 is 6.99. The van der Waals surface area contributed by atoms with Crippen molar-refractivity contribution in [3.05, 3.63) is 53.0 Å². The molecule has 116 valence electrons. The molecular formula is C12H11ClN4O4S. The summed E-state index contributed by atoms with van der Waals surface area (Å²) in [5, 5.41) is 25.2. The Bertz CT molecular complexity index is 762. The number of aryl methyl sites for hydroxylation is 1. The van der Waals surface area contributed by atoms with Gasteiger partial charge in [-0.05, 0) is 19.4 Å². The van der Waals surface area contributed by atoms with Gasteiger partial charge in [0.05, 0.1) is 16.4 Å². The van der Waals surface area contributed by atoms with Crippen molar-refractivity contribution in [1.82, 2.24) is 4.98 Å². The highest BCUT2D eigenvalue weighted by Gasteiger charge is 2.28. The fourth-order valence-electron chi connectivity index (χ4n) is 2.06. The third-order valence-electron chi connectivity index (χ3n) is 3.07. The van der Waals surface area contributed by atoms with Gasteiger partial charge in [0.1, 0.15) is 11.3 Å². The Balaban J connectivity index is 2.43. The number of nitro benzene ring substituents is 2. The topological polar surface area (TPSA) is 111 Å². The maximum absolute atomic E-state index is 11.3. The standard InChI is InChI=1S/C12H11ClN4O4S/c1-6-3-9(16(18)19)7(2)11(17(20)21)10(6)14-4-8-5-15-12(13)22-8/h3,5,14H,4H2,1-2H3. The monoisotopic (exact) mass is 342 g/mol. The minimum atomic E-state index is -0.623. The van der Waals surface area contributed by atoms with E-state index in [1.54, 1.807) is 13.1 Å². The minimum Gasteiger partial charge on any atom is -0.374 e. The Morgan fingerprint density at radius 3 is 2.50 bits per heavy atom. The van der Waals surface area contributed by atoms with Gasteiger partial charge in [-0.3, -0.25) is 20.2 Å². The van der Waals surface area contributed by atoms with Gasteiger partial charge in [0.2, 0.25) is 0 Å². The third kappa shape index (κ3) is 3.15. The van der Waals surface area contributed by atoms with Crippen molar-refractivity contribution in [2.24, 2.45) is 0 Å². The SMILES string of the molecule is Cc1cc([N+](=O)[O-])c(C)c([N+](=O)[O-])c1NCc1cnc(Cl)s1. The molecule has 1 aromatic heterocycles. The number of nitro groups is 2. The van der Waals surface area contributed by atoms with Gasteiger partial charge in [-0.1, -0.05) is 11.6 Å². The van der Waals surface area contributed by atoms with Gasteiger partial charge >= 0.3 is 5.69 Å². The number of anilines is 1. The van der Waals surface area contributed by atoms with Crippen LogP contribution in [0.3, 0.4) is 0 Å². The average Bonchev–Trinajstić information content (AvgIpc) is 2.84. The van der Waals surface area contributed by atoms with Crippen LogP contribution in [0.25, 0.3) is 0 Å². The van der Waals surface area contributed by atoms with Crippen molar-refractivity contribution >= 4 is 40.0 Å². The van der Waals surface area contributed by atoms with Crippen LogP contribution in [0.2, 0.25) is 4.47 Å². The Morgan fingerprint density at radius 2 is 2.00 bits per heavy atom. The van der Waals surface area contributed by atoms with E-state index in [0.29, 0.717) is 16.6 Å². The van der Waals surface area contributed by atoms with Crippen LogP contribution in [0.1, 0.15) is 16.0 Å². The molecule has 0 spiro atoms. The van der Waals surface area contributed by atoms with E-state index in [1.165, 1.54) is 24.3 Å². The second-order valence-electron chi connectivity index (χ2n) is 4.51. The molecule has 0 unspecified atom stereocenters. The van der Waals surface area contributed by atoms with Crippen molar-refractivity contribution in [3.63, 3.8) is 0 Å². The summed E-state index contributed by atoms with van der Waals surface area (Å²) in [6.45, 7) is 3.25. The molecule has 22 heavy (non-hydrogen) atoms. The highest BCUT2D eigenvalue weighted by atomic mass is 35.5. The largest absolute Gasteiger partial charge is 0.374 e. The molecule has 0 aliphatic heterocycles. The number of hydrogen-bond donors (Lipinski definition) is 1. The Morgan fingerprint density at radius 1 is 1.32 bits per heavy atom. The summed E-state index contributed by atoms with van der Waals surface area (Å²) in [4.78, 5) is 25.7. The van der Waals surface area contributed by atoms with Crippen molar-refractivity contribution < 1.29 is 9.85 Å². The lowest BCUT2D eigenvalue weighted by Crippen LogP contribution is -2.07. The number of nitrogens with zero attached hydrogens (tertiary/aromatic N) is 3. The van der Waals surface area contributed by atoms with E-state index in [2.05, 4.69) is 10.3 Å². The first-order chi connectivity index (χ1) is 10.3. The molecule has 0 aliphatic carbocycles. The zero-order valence-electron chi connectivity index (χ0n) is 11.6. The zero-order chi connectivity index (χ0) is 16.4. The fourth-order valence-corrected chi connectivity index (χ4v) is 2.98. The molecule has 0 saturated carbocycles. The van der Waals surface area contributed by atoms with Crippen LogP contribution < -0.4 is 5.32 Å². The Hall–Kier alpha value is -2.26. The normalized spacial score (nSPS) is 10.5. The predicted molar refractivity (Wildman–Crippen MR) is 83.7 cm³/mol. The molecule has 1 aromatic carbocycles. The van der Waals surface area contributed by atoms with Crippen LogP contribution in [-0.2, 0) is 6.54 Å². The average molecular weight is 343 g/mol. The van der Waals surface area contributed by atoms with Gasteiger partial charge in [0.25, 0.3) is 5.69 Å². The number of nitrogens with one attached hydrogen (secondary N) is 1. The maximum atomic E-state index is 11.3. The smallest absolute Gasteiger partial charge is 0.302 e. The highest BCUT2D eigenvalue weighted by Crippen LogP contribution is 2.38. The molecule has 0 aliphatic rings. The lowest BCUT2D eigenvalue weighted by molar-refractivity contribution is -0.394. The summed E-state index contributed by atoms with van der Waals surface area (Å²) in [6.07, 6.45) is 1.57. The highest BCUT2D eigenvalue weighted by molar-refractivity contribution is 7.15. The molecule has 2 aromatic rings. The summed E-state index contributed by atoms with van der Waals surface area (Å²) in [5.41, 5.74) is 0.153. The van der Waals surface area contributed by atoms with E-state index in [9.17, 15) is 20.2 Å². The summed E-state index contributed by atoms with van der Waals surface area (Å²) < 4.78 is 0.378. The first-order valence-corrected chi connectivity index (χ1v) is 7.27. The minimum absolute atomic E-state index is 0.0189. The van der Waals surface area contributed by atoms with Crippen LogP contribution in [0.4, 0.5) is 17.1 Å². The van der Waals surface area contributed by atoms with Gasteiger partial charge in [0.15, 0.2) is 4.47 Å². The predicted octanol–water partition coefficient (Wildman–Crippen LogP) is 3.84. The summed E-state index contributed by atoms with van der Waals surface area (Å²) in [6, 6.07) is 1.32.